The van der Waals surface area contributed by atoms with E-state index in [4.69, 9.17) is 23.2 Å². The summed E-state index contributed by atoms with van der Waals surface area (Å²) in [5, 5.41) is 4.70. The van der Waals surface area contributed by atoms with E-state index in [1.54, 1.807) is 6.07 Å². The molecule has 1 fully saturated rings. The number of hydrogen-bond acceptors (Lipinski definition) is 3. The van der Waals surface area contributed by atoms with Crippen molar-refractivity contribution in [3.63, 3.8) is 0 Å². The zero-order valence-electron chi connectivity index (χ0n) is 11.4. The van der Waals surface area contributed by atoms with Crippen molar-refractivity contribution < 1.29 is 8.42 Å². The van der Waals surface area contributed by atoms with Crippen LogP contribution in [0.15, 0.2) is 18.2 Å². The first-order valence-corrected chi connectivity index (χ1v) is 9.32. The van der Waals surface area contributed by atoms with Gasteiger partial charge < -0.3 is 5.32 Å². The minimum atomic E-state index is -2.79. The fourth-order valence-corrected chi connectivity index (χ4v) is 4.67. The lowest BCUT2D eigenvalue weighted by Crippen LogP contribution is -2.38. The van der Waals surface area contributed by atoms with E-state index in [-0.39, 0.29) is 6.04 Å². The van der Waals surface area contributed by atoms with Crippen LogP contribution in [0.5, 0.6) is 0 Å². The number of halogens is 2. The van der Waals surface area contributed by atoms with Crippen LogP contribution in [0, 0.1) is 5.92 Å². The monoisotopic (exact) mass is 335 g/mol. The molecule has 0 radical (unpaired) electrons. The quantitative estimate of drug-likeness (QED) is 0.918. The summed E-state index contributed by atoms with van der Waals surface area (Å²) < 4.78 is 22.8. The average molecular weight is 336 g/mol. The van der Waals surface area contributed by atoms with Gasteiger partial charge in [-0.2, -0.15) is 0 Å². The van der Waals surface area contributed by atoms with Gasteiger partial charge in [0.25, 0.3) is 0 Å². The first-order valence-electron chi connectivity index (χ1n) is 6.74. The van der Waals surface area contributed by atoms with Crippen LogP contribution < -0.4 is 5.32 Å². The Hall–Kier alpha value is -0.290. The van der Waals surface area contributed by atoms with Gasteiger partial charge in [-0.15, -0.1) is 0 Å². The van der Waals surface area contributed by atoms with Crippen LogP contribution in [0.3, 0.4) is 0 Å². The van der Waals surface area contributed by atoms with E-state index in [1.807, 2.05) is 12.1 Å². The molecule has 1 aromatic rings. The third-order valence-corrected chi connectivity index (χ3v) is 6.01. The third kappa shape index (κ3) is 4.62. The summed E-state index contributed by atoms with van der Waals surface area (Å²) >= 11 is 11.9. The van der Waals surface area contributed by atoms with Crippen LogP contribution >= 0.6 is 23.2 Å². The highest BCUT2D eigenvalue weighted by Crippen LogP contribution is 2.23. The Morgan fingerprint density at radius 2 is 1.75 bits per heavy atom. The van der Waals surface area contributed by atoms with Crippen LogP contribution in [0.2, 0.25) is 10.0 Å². The summed E-state index contributed by atoms with van der Waals surface area (Å²) in [5.41, 5.74) is 1.04. The van der Waals surface area contributed by atoms with E-state index in [1.165, 1.54) is 0 Å². The predicted molar refractivity (Wildman–Crippen MR) is 84.1 cm³/mol. The lowest BCUT2D eigenvalue weighted by atomic mass is 9.95. The molecule has 0 aromatic heterocycles. The fourth-order valence-electron chi connectivity index (χ4n) is 2.57. The lowest BCUT2D eigenvalue weighted by Gasteiger charge is -2.28. The molecule has 1 saturated heterocycles. The molecule has 1 aliphatic rings. The summed E-state index contributed by atoms with van der Waals surface area (Å²) in [5.74, 6) is 1.03. The molecule has 1 atom stereocenters. The molecule has 0 amide bonds. The second kappa shape index (κ2) is 6.65. The minimum Gasteiger partial charge on any atom is -0.310 e. The van der Waals surface area contributed by atoms with Gasteiger partial charge in [0.1, 0.15) is 9.84 Å². The van der Waals surface area contributed by atoms with Crippen molar-refractivity contribution in [1.82, 2.24) is 5.32 Å². The molecule has 3 nitrogen and oxygen atoms in total. The van der Waals surface area contributed by atoms with Gasteiger partial charge >= 0.3 is 0 Å². The van der Waals surface area contributed by atoms with E-state index in [2.05, 4.69) is 12.2 Å². The molecular formula is C14H19Cl2NO2S. The number of nitrogens with one attached hydrogen (secondary N) is 1. The predicted octanol–water partition coefficient (Wildman–Crippen LogP) is 3.30. The van der Waals surface area contributed by atoms with Crippen molar-refractivity contribution in [3.05, 3.63) is 33.8 Å². The van der Waals surface area contributed by atoms with Crippen LogP contribution in [0.4, 0.5) is 0 Å². The van der Waals surface area contributed by atoms with Crippen LogP contribution in [0.25, 0.3) is 0 Å². The van der Waals surface area contributed by atoms with E-state index in [9.17, 15) is 8.42 Å². The molecule has 1 unspecified atom stereocenters. The van der Waals surface area contributed by atoms with Gasteiger partial charge in [-0.1, -0.05) is 23.2 Å². The van der Waals surface area contributed by atoms with Gasteiger partial charge in [0.05, 0.1) is 11.5 Å². The first kappa shape index (κ1) is 16.1. The molecule has 1 aliphatic heterocycles. The zero-order valence-corrected chi connectivity index (χ0v) is 13.7. The number of hydrogen-bond donors (Lipinski definition) is 1. The number of rotatable bonds is 4. The fraction of sp³-hybridized carbons (Fsp3) is 0.571. The highest BCUT2D eigenvalue weighted by atomic mass is 35.5. The Balaban J connectivity index is 1.87. The van der Waals surface area contributed by atoms with E-state index < -0.39 is 9.84 Å². The van der Waals surface area contributed by atoms with Crippen molar-refractivity contribution in [2.24, 2.45) is 5.92 Å². The Kier molecular flexibility index (Phi) is 5.35. The normalized spacial score (nSPS) is 20.8. The Bertz CT molecular complexity index is 540. The zero-order chi connectivity index (χ0) is 14.8. The largest absolute Gasteiger partial charge is 0.310 e. The molecule has 0 spiro atoms. The smallest absolute Gasteiger partial charge is 0.150 e. The maximum atomic E-state index is 11.4. The van der Waals surface area contributed by atoms with Gasteiger partial charge in [-0.05, 0) is 49.4 Å². The number of sulfone groups is 1. The van der Waals surface area contributed by atoms with Crippen molar-refractivity contribution in [2.45, 2.75) is 32.4 Å². The molecule has 1 aromatic carbocycles. The van der Waals surface area contributed by atoms with Gasteiger partial charge in [-0.3, -0.25) is 0 Å². The summed E-state index contributed by atoms with van der Waals surface area (Å²) in [6.45, 7) is 2.79. The lowest BCUT2D eigenvalue weighted by molar-refractivity contribution is 0.345. The van der Waals surface area contributed by atoms with Gasteiger partial charge in [-0.25, -0.2) is 8.42 Å². The van der Waals surface area contributed by atoms with Crippen molar-refractivity contribution in [2.75, 3.05) is 11.5 Å². The van der Waals surface area contributed by atoms with Crippen molar-refractivity contribution in [3.8, 4) is 0 Å². The molecule has 112 valence electrons. The molecule has 6 heteroatoms. The number of benzene rings is 1. The molecule has 0 saturated carbocycles. The van der Waals surface area contributed by atoms with E-state index in [0.29, 0.717) is 34.0 Å². The highest BCUT2D eigenvalue weighted by Gasteiger charge is 2.27. The standard InChI is InChI=1S/C14H19Cl2NO2S/c1-10(12-2-4-20(18,19)5-3-12)17-9-11-6-13(15)8-14(16)7-11/h6-8,10,12,17H,2-5,9H2,1H3. The Morgan fingerprint density at radius 3 is 2.30 bits per heavy atom. The summed E-state index contributed by atoms with van der Waals surface area (Å²) in [7, 11) is -2.79. The maximum Gasteiger partial charge on any atom is 0.150 e. The van der Waals surface area contributed by atoms with Gasteiger partial charge in [0.2, 0.25) is 0 Å². The topological polar surface area (TPSA) is 46.2 Å². The van der Waals surface area contributed by atoms with Crippen LogP contribution in [-0.4, -0.2) is 26.0 Å². The Labute approximate surface area is 130 Å². The summed E-state index contributed by atoms with van der Waals surface area (Å²) in [6.07, 6.45) is 1.49. The molecule has 2 rings (SSSR count). The average Bonchev–Trinajstić information content (AvgIpc) is 2.35. The highest BCUT2D eigenvalue weighted by molar-refractivity contribution is 7.91. The molecule has 0 aliphatic carbocycles. The second-order valence-corrected chi connectivity index (χ2v) is 8.61. The van der Waals surface area contributed by atoms with E-state index in [0.717, 1.165) is 18.4 Å². The van der Waals surface area contributed by atoms with E-state index >= 15 is 0 Å². The van der Waals surface area contributed by atoms with Crippen LogP contribution in [0.1, 0.15) is 25.3 Å². The van der Waals surface area contributed by atoms with Crippen LogP contribution in [-0.2, 0) is 16.4 Å². The van der Waals surface area contributed by atoms with Gasteiger partial charge in [0.15, 0.2) is 0 Å². The van der Waals surface area contributed by atoms with Crippen molar-refractivity contribution >= 4 is 33.0 Å². The molecule has 0 bridgehead atoms. The first-order chi connectivity index (χ1) is 9.35. The SMILES string of the molecule is CC(NCc1cc(Cl)cc(Cl)c1)C1CCS(=O)(=O)CC1. The van der Waals surface area contributed by atoms with Crippen molar-refractivity contribution in [1.29, 1.82) is 0 Å². The summed E-state index contributed by atoms with van der Waals surface area (Å²) in [4.78, 5) is 0. The summed E-state index contributed by atoms with van der Waals surface area (Å²) in [6, 6.07) is 5.77. The molecule has 1 N–H and O–H groups in total. The Morgan fingerprint density at radius 1 is 1.20 bits per heavy atom. The maximum absolute atomic E-state index is 11.4. The molecular weight excluding hydrogens is 317 g/mol. The van der Waals surface area contributed by atoms with Gasteiger partial charge in [0, 0.05) is 22.6 Å². The second-order valence-electron chi connectivity index (χ2n) is 5.44. The third-order valence-electron chi connectivity index (χ3n) is 3.86. The minimum absolute atomic E-state index is 0.281. The molecule has 1 heterocycles. The molecule has 20 heavy (non-hydrogen) atoms.